The molecule has 174 valence electrons. The third-order valence-electron chi connectivity index (χ3n) is 4.53. The second-order valence-corrected chi connectivity index (χ2v) is 10.6. The Morgan fingerprint density at radius 1 is 1.19 bits per heavy atom. The number of carbonyl (C=O) groups excluding carboxylic acids is 2. The number of hydrogen-bond donors (Lipinski definition) is 1. The summed E-state index contributed by atoms with van der Waals surface area (Å²) in [5.41, 5.74) is -1.23. The minimum atomic E-state index is -3.88. The molecular formula is C21H32N2O7S. The Morgan fingerprint density at radius 2 is 1.81 bits per heavy atom. The van der Waals surface area contributed by atoms with Crippen LogP contribution in [0.3, 0.4) is 0 Å². The van der Waals surface area contributed by atoms with Gasteiger partial charge in [-0.15, -0.1) is 0 Å². The number of hydrogen-bond acceptors (Lipinski definition) is 7. The standard InChI is InChI=1S/C21H32N2O7S/c1-15(24)22-12-17-18(13-28-31(26,27)14-16-10-8-7-9-11-16)29-21(5,6)23(17)19(25)30-20(2,3)4/h7-11,17-18H,12-14H2,1-6H3,(H,22,24)/t17-,18-/m1/s1. The van der Waals surface area contributed by atoms with Crippen molar-refractivity contribution in [2.45, 2.75) is 70.8 Å². The molecule has 1 fully saturated rings. The van der Waals surface area contributed by atoms with Crippen LogP contribution in [-0.4, -0.2) is 61.9 Å². The molecule has 0 aliphatic carbocycles. The highest BCUT2D eigenvalue weighted by Gasteiger charge is 2.51. The summed E-state index contributed by atoms with van der Waals surface area (Å²) in [5, 5.41) is 2.67. The van der Waals surface area contributed by atoms with Gasteiger partial charge in [0.05, 0.1) is 12.6 Å². The van der Waals surface area contributed by atoms with Gasteiger partial charge in [-0.2, -0.15) is 8.42 Å². The van der Waals surface area contributed by atoms with Crippen LogP contribution in [-0.2, 0) is 34.3 Å². The summed E-state index contributed by atoms with van der Waals surface area (Å²) in [7, 11) is -3.88. The molecule has 31 heavy (non-hydrogen) atoms. The summed E-state index contributed by atoms with van der Waals surface area (Å²) in [6.45, 7) is 9.70. The van der Waals surface area contributed by atoms with Gasteiger partial charge in [0.2, 0.25) is 5.91 Å². The van der Waals surface area contributed by atoms with Crippen molar-refractivity contribution in [2.24, 2.45) is 0 Å². The topological polar surface area (TPSA) is 111 Å². The molecule has 0 aromatic heterocycles. The van der Waals surface area contributed by atoms with Gasteiger partial charge in [0, 0.05) is 13.5 Å². The molecule has 2 rings (SSSR count). The molecule has 9 nitrogen and oxygen atoms in total. The van der Waals surface area contributed by atoms with Gasteiger partial charge in [0.1, 0.15) is 23.2 Å². The highest BCUT2D eigenvalue weighted by Crippen LogP contribution is 2.34. The summed E-state index contributed by atoms with van der Waals surface area (Å²) in [6.07, 6.45) is -1.41. The van der Waals surface area contributed by atoms with Crippen LogP contribution in [0.1, 0.15) is 47.1 Å². The zero-order chi connectivity index (χ0) is 23.4. The Morgan fingerprint density at radius 3 is 2.35 bits per heavy atom. The zero-order valence-electron chi connectivity index (χ0n) is 18.9. The molecule has 1 aliphatic rings. The lowest BCUT2D eigenvalue weighted by Crippen LogP contribution is -2.54. The van der Waals surface area contributed by atoms with Crippen molar-refractivity contribution in [3.05, 3.63) is 35.9 Å². The van der Waals surface area contributed by atoms with Crippen molar-refractivity contribution < 1.29 is 31.7 Å². The van der Waals surface area contributed by atoms with Crippen molar-refractivity contribution in [1.82, 2.24) is 10.2 Å². The maximum absolute atomic E-state index is 12.9. The van der Waals surface area contributed by atoms with Gasteiger partial charge in [-0.05, 0) is 40.2 Å². The number of benzene rings is 1. The summed E-state index contributed by atoms with van der Waals surface area (Å²) in [5.74, 6) is -0.568. The highest BCUT2D eigenvalue weighted by molar-refractivity contribution is 7.85. The Hall–Kier alpha value is -2.17. The predicted molar refractivity (Wildman–Crippen MR) is 115 cm³/mol. The first-order valence-electron chi connectivity index (χ1n) is 10.1. The largest absolute Gasteiger partial charge is 0.444 e. The maximum Gasteiger partial charge on any atom is 0.412 e. The van der Waals surface area contributed by atoms with Crippen molar-refractivity contribution in [3.63, 3.8) is 0 Å². The monoisotopic (exact) mass is 456 g/mol. The van der Waals surface area contributed by atoms with Crippen molar-refractivity contribution >= 4 is 22.1 Å². The first kappa shape index (κ1) is 25.1. The molecule has 0 radical (unpaired) electrons. The Kier molecular flexibility index (Phi) is 7.72. The summed E-state index contributed by atoms with van der Waals surface area (Å²) in [4.78, 5) is 25.7. The highest BCUT2D eigenvalue weighted by atomic mass is 32.2. The van der Waals surface area contributed by atoms with Gasteiger partial charge in [0.25, 0.3) is 10.1 Å². The molecule has 1 aromatic carbocycles. The average Bonchev–Trinajstić information content (AvgIpc) is 2.87. The molecule has 1 aliphatic heterocycles. The number of nitrogens with one attached hydrogen (secondary N) is 1. The van der Waals surface area contributed by atoms with E-state index in [4.69, 9.17) is 13.7 Å². The fourth-order valence-electron chi connectivity index (χ4n) is 3.34. The molecule has 1 N–H and O–H groups in total. The van der Waals surface area contributed by atoms with E-state index < -0.39 is 39.7 Å². The number of carbonyl (C=O) groups is 2. The molecule has 1 saturated heterocycles. The third kappa shape index (κ3) is 7.48. The second kappa shape index (κ2) is 9.54. The van der Waals surface area contributed by atoms with E-state index in [1.54, 1.807) is 65.0 Å². The first-order chi connectivity index (χ1) is 14.2. The Balaban J connectivity index is 2.18. The summed E-state index contributed by atoms with van der Waals surface area (Å²) < 4.78 is 41.6. The van der Waals surface area contributed by atoms with Gasteiger partial charge in [-0.1, -0.05) is 30.3 Å². The smallest absolute Gasteiger partial charge is 0.412 e. The van der Waals surface area contributed by atoms with Crippen LogP contribution in [0.15, 0.2) is 30.3 Å². The minimum absolute atomic E-state index is 0.0603. The van der Waals surface area contributed by atoms with E-state index in [1.807, 2.05) is 0 Å². The van der Waals surface area contributed by atoms with Crippen LogP contribution in [0.25, 0.3) is 0 Å². The van der Waals surface area contributed by atoms with Gasteiger partial charge in [-0.25, -0.2) is 4.79 Å². The first-order valence-corrected chi connectivity index (χ1v) is 11.6. The summed E-state index contributed by atoms with van der Waals surface area (Å²) >= 11 is 0. The van der Waals surface area contributed by atoms with Crippen LogP contribution >= 0.6 is 0 Å². The third-order valence-corrected chi connectivity index (χ3v) is 5.71. The predicted octanol–water partition coefficient (Wildman–Crippen LogP) is 2.41. The average molecular weight is 457 g/mol. The molecule has 0 saturated carbocycles. The number of amides is 2. The normalized spacial score (nSPS) is 21.0. The van der Waals surface area contributed by atoms with Crippen molar-refractivity contribution in [2.75, 3.05) is 13.2 Å². The van der Waals surface area contributed by atoms with E-state index in [1.165, 1.54) is 11.8 Å². The van der Waals surface area contributed by atoms with Crippen LogP contribution < -0.4 is 5.32 Å². The lowest BCUT2D eigenvalue weighted by molar-refractivity contribution is -0.119. The second-order valence-electron chi connectivity index (χ2n) is 8.93. The van der Waals surface area contributed by atoms with Gasteiger partial charge >= 0.3 is 6.09 Å². The van der Waals surface area contributed by atoms with Crippen LogP contribution in [0.5, 0.6) is 0 Å². The molecule has 10 heteroatoms. The molecular weight excluding hydrogens is 424 g/mol. The zero-order valence-corrected chi connectivity index (χ0v) is 19.7. The van der Waals surface area contributed by atoms with E-state index in [0.717, 1.165) is 0 Å². The Bertz CT molecular complexity index is 879. The van der Waals surface area contributed by atoms with Gasteiger partial charge < -0.3 is 14.8 Å². The molecule has 1 heterocycles. The lowest BCUT2D eigenvalue weighted by Gasteiger charge is -2.35. The molecule has 2 amide bonds. The van der Waals surface area contributed by atoms with E-state index in [-0.39, 0.29) is 24.8 Å². The fraction of sp³-hybridized carbons (Fsp3) is 0.619. The maximum atomic E-state index is 12.9. The number of rotatable bonds is 7. The molecule has 2 atom stereocenters. The molecule has 0 spiro atoms. The Labute approximate surface area is 184 Å². The van der Waals surface area contributed by atoms with Crippen LogP contribution in [0, 0.1) is 0 Å². The van der Waals surface area contributed by atoms with E-state index >= 15 is 0 Å². The van der Waals surface area contributed by atoms with Gasteiger partial charge in [-0.3, -0.25) is 13.9 Å². The molecule has 1 aromatic rings. The SMILES string of the molecule is CC(=O)NC[C@@H]1[C@@H](COS(=O)(=O)Cc2ccccc2)OC(C)(C)N1C(=O)OC(C)(C)C. The van der Waals surface area contributed by atoms with Crippen LogP contribution in [0.4, 0.5) is 4.79 Å². The fourth-order valence-corrected chi connectivity index (χ4v) is 4.37. The van der Waals surface area contributed by atoms with Crippen LogP contribution in [0.2, 0.25) is 0 Å². The van der Waals surface area contributed by atoms with Crippen molar-refractivity contribution in [3.8, 4) is 0 Å². The minimum Gasteiger partial charge on any atom is -0.444 e. The molecule has 0 unspecified atom stereocenters. The quantitative estimate of drug-likeness (QED) is 0.627. The van der Waals surface area contributed by atoms with Crippen molar-refractivity contribution in [1.29, 1.82) is 0 Å². The number of ether oxygens (including phenoxy) is 2. The van der Waals surface area contributed by atoms with Gasteiger partial charge in [0.15, 0.2) is 0 Å². The molecule has 0 bridgehead atoms. The lowest BCUT2D eigenvalue weighted by atomic mass is 10.1. The van der Waals surface area contributed by atoms with E-state index in [9.17, 15) is 18.0 Å². The van der Waals surface area contributed by atoms with E-state index in [0.29, 0.717) is 5.56 Å². The number of nitrogens with zero attached hydrogens (tertiary/aromatic N) is 1. The van der Waals surface area contributed by atoms with E-state index in [2.05, 4.69) is 5.32 Å². The summed E-state index contributed by atoms with van der Waals surface area (Å²) in [6, 6.07) is 8.00.